The molecule has 0 aliphatic carbocycles. The van der Waals surface area contributed by atoms with Crippen molar-refractivity contribution in [2.45, 2.75) is 37.8 Å². The first-order valence-electron chi connectivity index (χ1n) is 6.70. The summed E-state index contributed by atoms with van der Waals surface area (Å²) in [6.45, 7) is 1.07. The first-order valence-corrected chi connectivity index (χ1v) is 6.70. The lowest BCUT2D eigenvalue weighted by Crippen LogP contribution is -2.33. The summed E-state index contributed by atoms with van der Waals surface area (Å²) in [6, 6.07) is 0. The lowest BCUT2D eigenvalue weighted by Gasteiger charge is -2.20. The van der Waals surface area contributed by atoms with Crippen molar-refractivity contribution in [1.29, 1.82) is 0 Å². The van der Waals surface area contributed by atoms with E-state index in [1.165, 1.54) is 13.8 Å². The van der Waals surface area contributed by atoms with E-state index in [9.17, 15) is 20.1 Å². The Hall–Kier alpha value is -1.39. The molecule has 0 aromatic heterocycles. The number of rotatable bonds is 9. The second-order valence-electron chi connectivity index (χ2n) is 5.52. The van der Waals surface area contributed by atoms with Gasteiger partial charge in [0.1, 0.15) is 25.4 Å². The monoisotopic (exact) mass is 322 g/mol. The topological polar surface area (TPSA) is 146 Å². The Balaban J connectivity index is 2.94. The van der Waals surface area contributed by atoms with E-state index in [4.69, 9.17) is 24.4 Å². The molecule has 0 radical (unpaired) electrons. The second-order valence-corrected chi connectivity index (χ2v) is 5.52. The maximum atomic E-state index is 11.8. The van der Waals surface area contributed by atoms with Crippen LogP contribution < -0.4 is 0 Å². The van der Waals surface area contributed by atoms with E-state index in [2.05, 4.69) is 0 Å². The number of hydrogen-bond donors (Lipinski definition) is 5. The smallest absolute Gasteiger partial charge is 0.378 e. The zero-order valence-electron chi connectivity index (χ0n) is 12.4. The highest BCUT2D eigenvalue weighted by atomic mass is 16.6. The van der Waals surface area contributed by atoms with Crippen LogP contribution in [-0.2, 0) is 19.0 Å². The largest absolute Gasteiger partial charge is 0.487 e. The predicted octanol–water partition coefficient (Wildman–Crippen LogP) is -2.37. The fourth-order valence-corrected chi connectivity index (χ4v) is 1.57. The number of carbonyl (C=O) groups is 1. The third-order valence-electron chi connectivity index (χ3n) is 2.65. The molecule has 1 aliphatic heterocycles. The summed E-state index contributed by atoms with van der Waals surface area (Å²) in [4.78, 5) is 11.8. The first-order chi connectivity index (χ1) is 10.2. The Kier molecular flexibility index (Phi) is 6.57. The van der Waals surface area contributed by atoms with Gasteiger partial charge in [-0.15, -0.1) is 0 Å². The van der Waals surface area contributed by atoms with Gasteiger partial charge in [-0.25, -0.2) is 4.79 Å². The van der Waals surface area contributed by atoms with E-state index in [0.717, 1.165) is 0 Å². The Bertz CT molecular complexity index is 412. The Morgan fingerprint density at radius 3 is 2.36 bits per heavy atom. The van der Waals surface area contributed by atoms with E-state index in [-0.39, 0.29) is 24.7 Å². The molecule has 3 atom stereocenters. The van der Waals surface area contributed by atoms with Crippen molar-refractivity contribution in [3.05, 3.63) is 11.5 Å². The van der Waals surface area contributed by atoms with Crippen molar-refractivity contribution in [2.24, 2.45) is 0 Å². The highest BCUT2D eigenvalue weighted by molar-refractivity contribution is 5.89. The lowest BCUT2D eigenvalue weighted by atomic mass is 10.1. The van der Waals surface area contributed by atoms with Crippen LogP contribution in [0.15, 0.2) is 11.5 Å². The SMILES string of the molecule is CC(C)(O)COC1=C(OCC(O)CO)[C@@H]([C@@H](O)CO)OC1=O. The van der Waals surface area contributed by atoms with Gasteiger partial charge in [0.05, 0.1) is 18.8 Å². The average molecular weight is 322 g/mol. The standard InChI is InChI=1S/C13H22O9/c1-13(2,19)6-21-11-10(20-5-7(16)3-14)9(8(17)4-15)22-12(11)18/h7-9,14-17,19H,3-6H2,1-2H3/t7?,8-,9+/m0/s1. The molecule has 0 amide bonds. The molecule has 0 spiro atoms. The lowest BCUT2D eigenvalue weighted by molar-refractivity contribution is -0.149. The minimum Gasteiger partial charge on any atom is -0.487 e. The van der Waals surface area contributed by atoms with Gasteiger partial charge in [-0.1, -0.05) is 0 Å². The van der Waals surface area contributed by atoms with Crippen LogP contribution in [-0.4, -0.2) is 81.8 Å². The molecule has 1 aliphatic rings. The summed E-state index contributed by atoms with van der Waals surface area (Å²) in [6.07, 6.45) is -3.93. The van der Waals surface area contributed by atoms with Crippen LogP contribution >= 0.6 is 0 Å². The minimum absolute atomic E-state index is 0.205. The van der Waals surface area contributed by atoms with Crippen LogP contribution in [0.25, 0.3) is 0 Å². The molecule has 0 saturated heterocycles. The Morgan fingerprint density at radius 1 is 1.23 bits per heavy atom. The molecule has 9 heteroatoms. The summed E-state index contributed by atoms with van der Waals surface area (Å²) in [5.41, 5.74) is -1.23. The van der Waals surface area contributed by atoms with Gasteiger partial charge in [0.2, 0.25) is 5.76 Å². The maximum absolute atomic E-state index is 11.8. The Morgan fingerprint density at radius 2 is 1.86 bits per heavy atom. The highest BCUT2D eigenvalue weighted by Gasteiger charge is 2.42. The molecule has 1 heterocycles. The molecule has 5 N–H and O–H groups in total. The van der Waals surface area contributed by atoms with Crippen LogP contribution in [0.4, 0.5) is 0 Å². The van der Waals surface area contributed by atoms with Crippen LogP contribution in [0.5, 0.6) is 0 Å². The zero-order valence-corrected chi connectivity index (χ0v) is 12.4. The van der Waals surface area contributed by atoms with E-state index in [1.807, 2.05) is 0 Å². The molecule has 22 heavy (non-hydrogen) atoms. The molecule has 9 nitrogen and oxygen atoms in total. The summed E-state index contributed by atoms with van der Waals surface area (Å²) >= 11 is 0. The molecular weight excluding hydrogens is 300 g/mol. The maximum Gasteiger partial charge on any atom is 0.378 e. The number of esters is 1. The van der Waals surface area contributed by atoms with Crippen molar-refractivity contribution in [3.8, 4) is 0 Å². The summed E-state index contributed by atoms with van der Waals surface area (Å²) < 4.78 is 15.2. The molecule has 1 unspecified atom stereocenters. The van der Waals surface area contributed by atoms with Crippen molar-refractivity contribution >= 4 is 5.97 Å². The van der Waals surface area contributed by atoms with Crippen LogP contribution in [0.2, 0.25) is 0 Å². The van der Waals surface area contributed by atoms with Gasteiger partial charge in [0, 0.05) is 0 Å². The number of aliphatic hydroxyl groups is 5. The normalized spacial score (nSPS) is 21.6. The number of cyclic esters (lactones) is 1. The molecule has 0 saturated carbocycles. The van der Waals surface area contributed by atoms with Crippen LogP contribution in [0.3, 0.4) is 0 Å². The molecule has 1 rings (SSSR count). The molecule has 0 aromatic carbocycles. The van der Waals surface area contributed by atoms with E-state index >= 15 is 0 Å². The Labute approximate surface area is 127 Å². The van der Waals surface area contributed by atoms with Crippen LogP contribution in [0, 0.1) is 0 Å². The molecule has 128 valence electrons. The van der Waals surface area contributed by atoms with Gasteiger partial charge >= 0.3 is 5.97 Å². The number of hydrogen-bond acceptors (Lipinski definition) is 9. The summed E-state index contributed by atoms with van der Waals surface area (Å²) in [7, 11) is 0. The van der Waals surface area contributed by atoms with Crippen molar-refractivity contribution in [3.63, 3.8) is 0 Å². The van der Waals surface area contributed by atoms with Crippen molar-refractivity contribution in [1.82, 2.24) is 0 Å². The molecule has 0 fully saturated rings. The molecule has 0 bridgehead atoms. The highest BCUT2D eigenvalue weighted by Crippen LogP contribution is 2.28. The van der Waals surface area contributed by atoms with E-state index in [1.54, 1.807) is 0 Å². The fraction of sp³-hybridized carbons (Fsp3) is 0.769. The number of carbonyl (C=O) groups excluding carboxylic acids is 1. The third kappa shape index (κ3) is 5.11. The van der Waals surface area contributed by atoms with Gasteiger partial charge in [0.25, 0.3) is 0 Å². The molecular formula is C13H22O9. The minimum atomic E-state index is -1.44. The fourth-order valence-electron chi connectivity index (χ4n) is 1.57. The summed E-state index contributed by atoms with van der Waals surface area (Å²) in [5, 5.41) is 46.3. The quantitative estimate of drug-likeness (QED) is 0.294. The molecule has 0 aromatic rings. The predicted molar refractivity (Wildman–Crippen MR) is 71.3 cm³/mol. The van der Waals surface area contributed by atoms with Gasteiger partial charge in [-0.2, -0.15) is 0 Å². The summed E-state index contributed by atoms with van der Waals surface area (Å²) in [5.74, 6) is -1.48. The first kappa shape index (κ1) is 18.7. The zero-order chi connectivity index (χ0) is 16.9. The third-order valence-corrected chi connectivity index (χ3v) is 2.65. The van der Waals surface area contributed by atoms with Crippen molar-refractivity contribution < 1.29 is 44.5 Å². The van der Waals surface area contributed by atoms with Crippen LogP contribution in [0.1, 0.15) is 13.8 Å². The van der Waals surface area contributed by atoms with Gasteiger partial charge in [-0.05, 0) is 13.8 Å². The van der Waals surface area contributed by atoms with Gasteiger partial charge < -0.3 is 39.7 Å². The number of ether oxygens (including phenoxy) is 3. The average Bonchev–Trinajstić information content (AvgIpc) is 2.77. The van der Waals surface area contributed by atoms with Crippen molar-refractivity contribution in [2.75, 3.05) is 26.4 Å². The van der Waals surface area contributed by atoms with E-state index in [0.29, 0.717) is 0 Å². The van der Waals surface area contributed by atoms with Gasteiger partial charge in [-0.3, -0.25) is 0 Å². The second kappa shape index (κ2) is 7.75. The van der Waals surface area contributed by atoms with Gasteiger partial charge in [0.15, 0.2) is 11.9 Å². The van der Waals surface area contributed by atoms with E-state index < -0.39 is 43.1 Å². The number of aliphatic hydroxyl groups excluding tert-OH is 4.